The van der Waals surface area contributed by atoms with Gasteiger partial charge in [0, 0.05) is 43.7 Å². The van der Waals surface area contributed by atoms with Crippen LogP contribution in [0.25, 0.3) is 0 Å². The Morgan fingerprint density at radius 2 is 1.92 bits per heavy atom. The summed E-state index contributed by atoms with van der Waals surface area (Å²) >= 11 is 0. The van der Waals surface area contributed by atoms with E-state index < -0.39 is 0 Å². The van der Waals surface area contributed by atoms with Crippen LogP contribution in [0, 0.1) is 5.92 Å². The maximum Gasteiger partial charge on any atom is 0.223 e. The van der Waals surface area contributed by atoms with E-state index in [1.54, 1.807) is 14.2 Å². The minimum atomic E-state index is 0.0930. The molecular formula is C20H31N3O3. The van der Waals surface area contributed by atoms with Gasteiger partial charge in [0.2, 0.25) is 5.91 Å². The van der Waals surface area contributed by atoms with Gasteiger partial charge in [-0.25, -0.2) is 0 Å². The van der Waals surface area contributed by atoms with Gasteiger partial charge in [0.15, 0.2) is 0 Å². The second-order valence-electron chi connectivity index (χ2n) is 7.57. The largest absolute Gasteiger partial charge is 0.497 e. The highest BCUT2D eigenvalue weighted by atomic mass is 16.5. The SMILES string of the molecule is COc1cc(CN2CCC(NC(=O)C3CCCC(N)C3)C2)cc(OC)c1. The smallest absolute Gasteiger partial charge is 0.223 e. The van der Waals surface area contributed by atoms with Gasteiger partial charge in [-0.1, -0.05) is 6.42 Å². The molecule has 1 aliphatic carbocycles. The van der Waals surface area contributed by atoms with Gasteiger partial charge in [-0.3, -0.25) is 9.69 Å². The molecule has 1 aliphatic heterocycles. The van der Waals surface area contributed by atoms with Crippen LogP contribution in [0.1, 0.15) is 37.7 Å². The van der Waals surface area contributed by atoms with Crippen molar-refractivity contribution in [1.82, 2.24) is 10.2 Å². The quantitative estimate of drug-likeness (QED) is 0.809. The van der Waals surface area contributed by atoms with Crippen LogP contribution in [-0.4, -0.2) is 50.2 Å². The number of nitrogens with one attached hydrogen (secondary N) is 1. The lowest BCUT2D eigenvalue weighted by Gasteiger charge is -2.27. The van der Waals surface area contributed by atoms with Crippen molar-refractivity contribution in [2.24, 2.45) is 11.7 Å². The number of hydrogen-bond acceptors (Lipinski definition) is 5. The highest BCUT2D eigenvalue weighted by Crippen LogP contribution is 2.26. The van der Waals surface area contributed by atoms with Crippen molar-refractivity contribution in [1.29, 1.82) is 0 Å². The number of rotatable bonds is 6. The Kier molecular flexibility index (Phi) is 6.38. The van der Waals surface area contributed by atoms with Crippen LogP contribution in [0.2, 0.25) is 0 Å². The van der Waals surface area contributed by atoms with E-state index in [9.17, 15) is 4.79 Å². The number of nitrogens with two attached hydrogens (primary N) is 1. The molecule has 6 heteroatoms. The van der Waals surface area contributed by atoms with E-state index >= 15 is 0 Å². The summed E-state index contributed by atoms with van der Waals surface area (Å²) in [6.07, 6.45) is 4.90. The Morgan fingerprint density at radius 3 is 2.58 bits per heavy atom. The minimum absolute atomic E-state index is 0.0930. The second-order valence-corrected chi connectivity index (χ2v) is 7.57. The summed E-state index contributed by atoms with van der Waals surface area (Å²) in [4.78, 5) is 14.9. The van der Waals surface area contributed by atoms with E-state index in [-0.39, 0.29) is 23.9 Å². The van der Waals surface area contributed by atoms with Gasteiger partial charge in [-0.15, -0.1) is 0 Å². The summed E-state index contributed by atoms with van der Waals surface area (Å²) in [5, 5.41) is 3.24. The van der Waals surface area contributed by atoms with Crippen molar-refractivity contribution >= 4 is 5.91 Å². The number of carbonyl (C=O) groups excluding carboxylic acids is 1. The van der Waals surface area contributed by atoms with Crippen molar-refractivity contribution in [3.8, 4) is 11.5 Å². The highest BCUT2D eigenvalue weighted by Gasteiger charge is 2.29. The second kappa shape index (κ2) is 8.73. The van der Waals surface area contributed by atoms with Gasteiger partial charge in [-0.05, 0) is 43.4 Å². The van der Waals surface area contributed by atoms with E-state index in [1.807, 2.05) is 18.2 Å². The minimum Gasteiger partial charge on any atom is -0.497 e. The number of amides is 1. The number of ether oxygens (including phenoxy) is 2. The molecule has 3 N–H and O–H groups in total. The van der Waals surface area contributed by atoms with Crippen LogP contribution >= 0.6 is 0 Å². The third-order valence-corrected chi connectivity index (χ3v) is 5.52. The first kappa shape index (κ1) is 19.0. The molecule has 0 radical (unpaired) electrons. The van der Waals surface area contributed by atoms with Crippen molar-refractivity contribution in [3.63, 3.8) is 0 Å². The van der Waals surface area contributed by atoms with Crippen LogP contribution in [-0.2, 0) is 11.3 Å². The lowest BCUT2D eigenvalue weighted by atomic mass is 9.85. The Morgan fingerprint density at radius 1 is 1.19 bits per heavy atom. The predicted octanol–water partition coefficient (Wildman–Crippen LogP) is 1.91. The number of hydrogen-bond donors (Lipinski definition) is 2. The van der Waals surface area contributed by atoms with Crippen LogP contribution in [0.4, 0.5) is 0 Å². The summed E-state index contributed by atoms with van der Waals surface area (Å²) in [6.45, 7) is 2.69. The zero-order chi connectivity index (χ0) is 18.5. The summed E-state index contributed by atoms with van der Waals surface area (Å²) in [5.74, 6) is 1.89. The molecule has 0 aromatic heterocycles. The van der Waals surface area contributed by atoms with Gasteiger partial charge >= 0.3 is 0 Å². The summed E-state index contributed by atoms with van der Waals surface area (Å²) in [5.41, 5.74) is 7.18. The fourth-order valence-electron chi connectivity index (χ4n) is 4.09. The molecular weight excluding hydrogens is 330 g/mol. The van der Waals surface area contributed by atoms with Crippen LogP contribution < -0.4 is 20.5 Å². The summed E-state index contributed by atoms with van der Waals surface area (Å²) < 4.78 is 10.7. The first-order chi connectivity index (χ1) is 12.6. The molecule has 3 atom stereocenters. The van der Waals surface area contributed by atoms with Crippen molar-refractivity contribution < 1.29 is 14.3 Å². The lowest BCUT2D eigenvalue weighted by molar-refractivity contribution is -0.126. The molecule has 144 valence electrons. The molecule has 1 amide bonds. The zero-order valence-corrected chi connectivity index (χ0v) is 15.9. The van der Waals surface area contributed by atoms with E-state index in [4.69, 9.17) is 15.2 Å². The molecule has 3 rings (SSSR count). The average molecular weight is 361 g/mol. The normalized spacial score (nSPS) is 26.5. The highest BCUT2D eigenvalue weighted by molar-refractivity contribution is 5.79. The molecule has 2 fully saturated rings. The number of nitrogens with zero attached hydrogens (tertiary/aromatic N) is 1. The topological polar surface area (TPSA) is 76.8 Å². The predicted molar refractivity (Wildman–Crippen MR) is 101 cm³/mol. The van der Waals surface area contributed by atoms with Gasteiger partial charge in [0.1, 0.15) is 11.5 Å². The first-order valence-corrected chi connectivity index (χ1v) is 9.57. The van der Waals surface area contributed by atoms with Crippen LogP contribution in [0.15, 0.2) is 18.2 Å². The van der Waals surface area contributed by atoms with E-state index in [1.165, 1.54) is 0 Å². The molecule has 1 saturated carbocycles. The third-order valence-electron chi connectivity index (χ3n) is 5.52. The molecule has 0 bridgehead atoms. The number of methoxy groups -OCH3 is 2. The van der Waals surface area contributed by atoms with Gasteiger partial charge < -0.3 is 20.5 Å². The molecule has 1 saturated heterocycles. The zero-order valence-electron chi connectivity index (χ0n) is 15.9. The lowest BCUT2D eigenvalue weighted by Crippen LogP contribution is -2.43. The van der Waals surface area contributed by atoms with Gasteiger partial charge in [0.25, 0.3) is 0 Å². The maximum absolute atomic E-state index is 12.5. The molecule has 0 spiro atoms. The van der Waals surface area contributed by atoms with Crippen molar-refractivity contribution in [2.75, 3.05) is 27.3 Å². The third kappa shape index (κ3) is 4.89. The van der Waals surface area contributed by atoms with Gasteiger partial charge in [0.05, 0.1) is 14.2 Å². The van der Waals surface area contributed by atoms with E-state index in [0.29, 0.717) is 0 Å². The monoisotopic (exact) mass is 361 g/mol. The first-order valence-electron chi connectivity index (χ1n) is 9.57. The van der Waals surface area contributed by atoms with Crippen molar-refractivity contribution in [3.05, 3.63) is 23.8 Å². The summed E-state index contributed by atoms with van der Waals surface area (Å²) in [6, 6.07) is 6.37. The molecule has 6 nitrogen and oxygen atoms in total. The molecule has 1 aromatic carbocycles. The average Bonchev–Trinajstić information content (AvgIpc) is 3.08. The molecule has 3 unspecified atom stereocenters. The maximum atomic E-state index is 12.5. The fourth-order valence-corrected chi connectivity index (χ4v) is 4.09. The molecule has 1 heterocycles. The molecule has 26 heavy (non-hydrogen) atoms. The Hall–Kier alpha value is -1.79. The van der Waals surface area contributed by atoms with E-state index in [0.717, 1.165) is 68.8 Å². The summed E-state index contributed by atoms with van der Waals surface area (Å²) in [7, 11) is 3.33. The number of benzene rings is 1. The van der Waals surface area contributed by atoms with Crippen LogP contribution in [0.5, 0.6) is 11.5 Å². The van der Waals surface area contributed by atoms with Crippen molar-refractivity contribution in [2.45, 2.75) is 50.7 Å². The Balaban J connectivity index is 1.51. The van der Waals surface area contributed by atoms with Crippen LogP contribution in [0.3, 0.4) is 0 Å². The molecule has 2 aliphatic rings. The van der Waals surface area contributed by atoms with E-state index in [2.05, 4.69) is 10.2 Å². The number of carbonyl (C=O) groups is 1. The number of likely N-dealkylation sites (tertiary alicyclic amines) is 1. The van der Waals surface area contributed by atoms with Gasteiger partial charge in [-0.2, -0.15) is 0 Å². The Labute approximate surface area is 156 Å². The fraction of sp³-hybridized carbons (Fsp3) is 0.650. The Bertz CT molecular complexity index is 600. The molecule has 1 aromatic rings. The standard InChI is InChI=1S/C20H31N3O3/c1-25-18-8-14(9-19(11-18)26-2)12-23-7-6-17(13-23)22-20(24)15-4-3-5-16(21)10-15/h8-9,11,15-17H,3-7,10,12-13,21H2,1-2H3,(H,22,24).